The van der Waals surface area contributed by atoms with Crippen LogP contribution in [0.5, 0.6) is 0 Å². The van der Waals surface area contributed by atoms with Crippen molar-refractivity contribution in [3.8, 4) is 0 Å². The molecule has 1 unspecified atom stereocenters. The quantitative estimate of drug-likeness (QED) is 0.618. The number of thioether (sulfide) groups is 1. The van der Waals surface area contributed by atoms with E-state index < -0.39 is 5.97 Å². The Labute approximate surface area is 109 Å². The Morgan fingerprint density at radius 2 is 2.56 bits per heavy atom. The molecular formula is C11H15N3O3S. The first kappa shape index (κ1) is 13.1. The van der Waals surface area contributed by atoms with E-state index in [4.69, 9.17) is 9.84 Å². The lowest BCUT2D eigenvalue weighted by atomic mass is 10.2. The average molecular weight is 269 g/mol. The monoisotopic (exact) mass is 269 g/mol. The van der Waals surface area contributed by atoms with Gasteiger partial charge in [0.1, 0.15) is 11.4 Å². The minimum atomic E-state index is -1.03. The molecule has 1 aliphatic rings. The maximum atomic E-state index is 11.1. The molecule has 0 aliphatic carbocycles. The van der Waals surface area contributed by atoms with E-state index in [2.05, 4.69) is 15.3 Å². The zero-order valence-corrected chi connectivity index (χ0v) is 10.9. The van der Waals surface area contributed by atoms with E-state index in [1.54, 1.807) is 0 Å². The third kappa shape index (κ3) is 3.11. The van der Waals surface area contributed by atoms with Crippen LogP contribution in [0.25, 0.3) is 0 Å². The van der Waals surface area contributed by atoms with Gasteiger partial charge in [0.15, 0.2) is 5.16 Å². The number of nitrogens with one attached hydrogen (secondary N) is 1. The first-order chi connectivity index (χ1) is 8.70. The van der Waals surface area contributed by atoms with Crippen LogP contribution in [0.4, 0.5) is 5.82 Å². The fraction of sp³-hybridized carbons (Fsp3) is 0.545. The molecule has 0 radical (unpaired) electrons. The van der Waals surface area contributed by atoms with Gasteiger partial charge in [-0.15, -0.1) is 0 Å². The first-order valence-electron chi connectivity index (χ1n) is 5.70. The van der Waals surface area contributed by atoms with Gasteiger partial charge >= 0.3 is 5.97 Å². The molecule has 2 heterocycles. The number of anilines is 1. The number of nitrogens with zero attached hydrogens (tertiary/aromatic N) is 2. The summed E-state index contributed by atoms with van der Waals surface area (Å²) in [6.45, 7) is 1.35. The predicted octanol–water partition coefficient (Wildman–Crippen LogP) is 1.49. The lowest BCUT2D eigenvalue weighted by Gasteiger charge is -2.13. The number of hydrogen-bond donors (Lipinski definition) is 2. The Bertz CT molecular complexity index is 436. The summed E-state index contributed by atoms with van der Waals surface area (Å²) in [5.41, 5.74) is 0.0887. The van der Waals surface area contributed by atoms with E-state index in [1.165, 1.54) is 18.0 Å². The molecule has 2 N–H and O–H groups in total. The zero-order valence-electron chi connectivity index (χ0n) is 10.0. The Hall–Kier alpha value is -1.34. The van der Waals surface area contributed by atoms with Crippen molar-refractivity contribution in [1.29, 1.82) is 0 Å². The van der Waals surface area contributed by atoms with Crippen LogP contribution < -0.4 is 5.32 Å². The molecule has 2 rings (SSSR count). The van der Waals surface area contributed by atoms with Crippen LogP contribution in [0.1, 0.15) is 23.2 Å². The number of carboxylic acids is 1. The minimum absolute atomic E-state index is 0.0887. The summed E-state index contributed by atoms with van der Waals surface area (Å²) in [4.78, 5) is 19.2. The molecule has 0 bridgehead atoms. The van der Waals surface area contributed by atoms with Crippen molar-refractivity contribution in [2.45, 2.75) is 24.1 Å². The number of carbonyl (C=O) groups is 1. The highest BCUT2D eigenvalue weighted by molar-refractivity contribution is 7.98. The predicted molar refractivity (Wildman–Crippen MR) is 68.2 cm³/mol. The number of aromatic nitrogens is 2. The van der Waals surface area contributed by atoms with Gasteiger partial charge in [-0.2, -0.15) is 0 Å². The Kier molecular flexibility index (Phi) is 4.38. The third-order valence-electron chi connectivity index (χ3n) is 2.70. The largest absolute Gasteiger partial charge is 0.477 e. The molecule has 1 aromatic heterocycles. The topological polar surface area (TPSA) is 84.3 Å². The summed E-state index contributed by atoms with van der Waals surface area (Å²) in [5, 5.41) is 12.7. The van der Waals surface area contributed by atoms with Crippen molar-refractivity contribution >= 4 is 23.5 Å². The summed E-state index contributed by atoms with van der Waals surface area (Å²) in [6.07, 6.45) is 5.37. The SMILES string of the molecule is CSc1ncc(C(=O)O)c(NCC2CCCO2)n1. The Morgan fingerprint density at radius 1 is 1.72 bits per heavy atom. The van der Waals surface area contributed by atoms with E-state index in [-0.39, 0.29) is 11.7 Å². The van der Waals surface area contributed by atoms with E-state index >= 15 is 0 Å². The zero-order chi connectivity index (χ0) is 13.0. The van der Waals surface area contributed by atoms with Crippen LogP contribution in [-0.4, -0.2) is 46.6 Å². The lowest BCUT2D eigenvalue weighted by molar-refractivity contribution is 0.0696. The van der Waals surface area contributed by atoms with Crippen LogP contribution in [0, 0.1) is 0 Å². The van der Waals surface area contributed by atoms with Crippen molar-refractivity contribution in [1.82, 2.24) is 9.97 Å². The molecule has 6 nitrogen and oxygen atoms in total. The molecule has 98 valence electrons. The fourth-order valence-corrected chi connectivity index (χ4v) is 2.11. The van der Waals surface area contributed by atoms with E-state index in [0.717, 1.165) is 19.4 Å². The molecule has 1 atom stereocenters. The average Bonchev–Trinajstić information content (AvgIpc) is 2.88. The molecular weight excluding hydrogens is 254 g/mol. The van der Waals surface area contributed by atoms with Gasteiger partial charge in [0.2, 0.25) is 0 Å². The van der Waals surface area contributed by atoms with Crippen LogP contribution in [0.2, 0.25) is 0 Å². The second kappa shape index (κ2) is 6.01. The smallest absolute Gasteiger partial charge is 0.341 e. The number of ether oxygens (including phenoxy) is 1. The first-order valence-corrected chi connectivity index (χ1v) is 6.93. The number of hydrogen-bond acceptors (Lipinski definition) is 6. The van der Waals surface area contributed by atoms with Gasteiger partial charge < -0.3 is 15.2 Å². The minimum Gasteiger partial charge on any atom is -0.477 e. The van der Waals surface area contributed by atoms with Gasteiger partial charge in [-0.1, -0.05) is 11.8 Å². The van der Waals surface area contributed by atoms with Crippen molar-refractivity contribution in [3.05, 3.63) is 11.8 Å². The maximum Gasteiger partial charge on any atom is 0.341 e. The fourth-order valence-electron chi connectivity index (χ4n) is 1.77. The molecule has 0 amide bonds. The molecule has 1 aliphatic heterocycles. The van der Waals surface area contributed by atoms with E-state index in [1.807, 2.05) is 6.26 Å². The van der Waals surface area contributed by atoms with Crippen molar-refractivity contribution in [3.63, 3.8) is 0 Å². The summed E-state index contributed by atoms with van der Waals surface area (Å²) >= 11 is 1.38. The molecule has 0 saturated carbocycles. The van der Waals surface area contributed by atoms with Gasteiger partial charge in [0.05, 0.1) is 6.10 Å². The van der Waals surface area contributed by atoms with Gasteiger partial charge in [-0.05, 0) is 19.1 Å². The highest BCUT2D eigenvalue weighted by Crippen LogP contribution is 2.18. The summed E-state index contributed by atoms with van der Waals surface area (Å²) in [6, 6.07) is 0. The second-order valence-corrected chi connectivity index (χ2v) is 4.71. The lowest BCUT2D eigenvalue weighted by Crippen LogP contribution is -2.20. The van der Waals surface area contributed by atoms with Gasteiger partial charge in [-0.3, -0.25) is 0 Å². The van der Waals surface area contributed by atoms with Crippen molar-refractivity contribution in [2.24, 2.45) is 0 Å². The number of carboxylic acid groups (broad SMARTS) is 1. The van der Waals surface area contributed by atoms with Crippen LogP contribution in [0.3, 0.4) is 0 Å². The normalized spacial score (nSPS) is 18.8. The van der Waals surface area contributed by atoms with Crippen LogP contribution in [0.15, 0.2) is 11.4 Å². The molecule has 1 saturated heterocycles. The van der Waals surface area contributed by atoms with Crippen molar-refractivity contribution < 1.29 is 14.6 Å². The Morgan fingerprint density at radius 3 is 3.17 bits per heavy atom. The molecule has 0 aromatic carbocycles. The number of rotatable bonds is 5. The second-order valence-electron chi connectivity index (χ2n) is 3.94. The highest BCUT2D eigenvalue weighted by Gasteiger charge is 2.18. The molecule has 0 spiro atoms. The summed E-state index contributed by atoms with van der Waals surface area (Å²) < 4.78 is 5.47. The van der Waals surface area contributed by atoms with Crippen LogP contribution in [-0.2, 0) is 4.74 Å². The van der Waals surface area contributed by atoms with Crippen LogP contribution >= 0.6 is 11.8 Å². The standard InChI is InChI=1S/C11H15N3O3S/c1-18-11-13-6-8(10(15)16)9(14-11)12-5-7-3-2-4-17-7/h6-7H,2-5H2,1H3,(H,15,16)(H,12,13,14). The third-order valence-corrected chi connectivity index (χ3v) is 3.26. The molecule has 1 aromatic rings. The van der Waals surface area contributed by atoms with Gasteiger partial charge in [0.25, 0.3) is 0 Å². The summed E-state index contributed by atoms with van der Waals surface area (Å²) in [5.74, 6) is -0.671. The van der Waals surface area contributed by atoms with Gasteiger partial charge in [0, 0.05) is 19.3 Å². The highest BCUT2D eigenvalue weighted by atomic mass is 32.2. The van der Waals surface area contributed by atoms with E-state index in [0.29, 0.717) is 17.5 Å². The Balaban J connectivity index is 2.10. The van der Waals surface area contributed by atoms with Gasteiger partial charge in [-0.25, -0.2) is 14.8 Å². The molecule has 18 heavy (non-hydrogen) atoms. The maximum absolute atomic E-state index is 11.1. The summed E-state index contributed by atoms with van der Waals surface area (Å²) in [7, 11) is 0. The number of aromatic carboxylic acids is 1. The van der Waals surface area contributed by atoms with Crippen molar-refractivity contribution in [2.75, 3.05) is 24.7 Å². The van der Waals surface area contributed by atoms with E-state index in [9.17, 15) is 4.79 Å². The molecule has 7 heteroatoms. The molecule has 1 fully saturated rings.